The molecule has 1 aromatic carbocycles. The van der Waals surface area contributed by atoms with Crippen LogP contribution in [0.1, 0.15) is 36.9 Å². The van der Waals surface area contributed by atoms with E-state index in [1.54, 1.807) is 13.3 Å². The predicted octanol–water partition coefficient (Wildman–Crippen LogP) is 1.85. The van der Waals surface area contributed by atoms with E-state index in [4.69, 9.17) is 9.47 Å². The molecular weight excluding hydrogens is 320 g/mol. The predicted molar refractivity (Wildman–Crippen MR) is 91.7 cm³/mol. The fourth-order valence-electron chi connectivity index (χ4n) is 2.76. The lowest BCUT2D eigenvalue weighted by Crippen LogP contribution is -2.30. The number of ether oxygens (including phenoxy) is 2. The van der Waals surface area contributed by atoms with Crippen LogP contribution in [0.4, 0.5) is 0 Å². The summed E-state index contributed by atoms with van der Waals surface area (Å²) < 4.78 is 12.8. The van der Waals surface area contributed by atoms with Crippen molar-refractivity contribution < 1.29 is 14.3 Å². The molecule has 7 heteroatoms. The standard InChI is InChI=1S/C18H24N4O3/c1-14(22-13-19-12-21-22)18(23)20-10-15-3-2-4-16(9-15)11-25-17-5-7-24-8-6-17/h2-4,9,12-14,17H,5-8,10-11H2,1H3,(H,20,23). The molecule has 2 aromatic rings. The Morgan fingerprint density at radius 2 is 2.20 bits per heavy atom. The molecule has 2 heterocycles. The van der Waals surface area contributed by atoms with Crippen molar-refractivity contribution in [1.29, 1.82) is 0 Å². The van der Waals surface area contributed by atoms with Crippen molar-refractivity contribution >= 4 is 5.91 Å². The van der Waals surface area contributed by atoms with E-state index in [1.807, 2.05) is 18.2 Å². The van der Waals surface area contributed by atoms with Gasteiger partial charge >= 0.3 is 0 Å². The molecule has 1 N–H and O–H groups in total. The van der Waals surface area contributed by atoms with Gasteiger partial charge in [0.1, 0.15) is 18.7 Å². The summed E-state index contributed by atoms with van der Waals surface area (Å²) in [6.45, 7) is 4.41. The molecule has 1 aliphatic rings. The zero-order valence-corrected chi connectivity index (χ0v) is 14.4. The number of hydrogen-bond acceptors (Lipinski definition) is 5. The molecule has 1 saturated heterocycles. The van der Waals surface area contributed by atoms with Gasteiger partial charge < -0.3 is 14.8 Å². The smallest absolute Gasteiger partial charge is 0.244 e. The fourth-order valence-corrected chi connectivity index (χ4v) is 2.76. The van der Waals surface area contributed by atoms with E-state index < -0.39 is 0 Å². The molecule has 0 saturated carbocycles. The molecule has 1 fully saturated rings. The van der Waals surface area contributed by atoms with Crippen molar-refractivity contribution in [1.82, 2.24) is 20.1 Å². The van der Waals surface area contributed by atoms with Gasteiger partial charge in [-0.1, -0.05) is 24.3 Å². The summed E-state index contributed by atoms with van der Waals surface area (Å²) in [4.78, 5) is 16.1. The number of nitrogens with one attached hydrogen (secondary N) is 1. The Morgan fingerprint density at radius 3 is 2.96 bits per heavy atom. The van der Waals surface area contributed by atoms with Crippen LogP contribution in [0.25, 0.3) is 0 Å². The van der Waals surface area contributed by atoms with E-state index >= 15 is 0 Å². The lowest BCUT2D eigenvalue weighted by Gasteiger charge is -2.22. The Hall–Kier alpha value is -2.25. The Kier molecular flexibility index (Phi) is 6.14. The van der Waals surface area contributed by atoms with Gasteiger partial charge in [-0.15, -0.1) is 0 Å². The van der Waals surface area contributed by atoms with E-state index in [2.05, 4.69) is 21.5 Å². The van der Waals surface area contributed by atoms with Gasteiger partial charge in [0, 0.05) is 19.8 Å². The van der Waals surface area contributed by atoms with Crippen LogP contribution in [0.5, 0.6) is 0 Å². The maximum absolute atomic E-state index is 12.2. The van der Waals surface area contributed by atoms with Gasteiger partial charge in [0.05, 0.1) is 12.7 Å². The summed E-state index contributed by atoms with van der Waals surface area (Å²) in [6, 6.07) is 7.72. The van der Waals surface area contributed by atoms with Gasteiger partial charge in [-0.2, -0.15) is 5.10 Å². The minimum absolute atomic E-state index is 0.0886. The van der Waals surface area contributed by atoms with E-state index in [9.17, 15) is 4.79 Å². The molecule has 0 spiro atoms. The van der Waals surface area contributed by atoms with Gasteiger partial charge in [-0.05, 0) is 30.9 Å². The molecule has 0 radical (unpaired) electrons. The van der Waals surface area contributed by atoms with Crippen molar-refractivity contribution in [2.75, 3.05) is 13.2 Å². The quantitative estimate of drug-likeness (QED) is 0.829. The summed E-state index contributed by atoms with van der Waals surface area (Å²) in [5.41, 5.74) is 2.16. The van der Waals surface area contributed by atoms with Crippen molar-refractivity contribution in [3.8, 4) is 0 Å². The second kappa shape index (κ2) is 8.73. The highest BCUT2D eigenvalue weighted by molar-refractivity contribution is 5.79. The highest BCUT2D eigenvalue weighted by atomic mass is 16.5. The van der Waals surface area contributed by atoms with Crippen LogP contribution in [0.15, 0.2) is 36.9 Å². The maximum atomic E-state index is 12.2. The third-order valence-corrected chi connectivity index (χ3v) is 4.33. The van der Waals surface area contributed by atoms with E-state index in [1.165, 1.54) is 11.0 Å². The van der Waals surface area contributed by atoms with Gasteiger partial charge in [0.15, 0.2) is 0 Å². The molecule has 0 aliphatic carbocycles. The van der Waals surface area contributed by atoms with Crippen molar-refractivity contribution in [2.24, 2.45) is 0 Å². The topological polar surface area (TPSA) is 78.3 Å². The van der Waals surface area contributed by atoms with E-state index in [-0.39, 0.29) is 18.1 Å². The largest absolute Gasteiger partial charge is 0.381 e. The fraction of sp³-hybridized carbons (Fsp3) is 0.500. The van der Waals surface area contributed by atoms with Crippen LogP contribution in [0.3, 0.4) is 0 Å². The number of benzene rings is 1. The number of rotatable bonds is 7. The first-order valence-corrected chi connectivity index (χ1v) is 8.61. The molecule has 1 amide bonds. The van der Waals surface area contributed by atoms with Gasteiger partial charge in [0.25, 0.3) is 0 Å². The number of carbonyl (C=O) groups excluding carboxylic acids is 1. The number of nitrogens with zero attached hydrogens (tertiary/aromatic N) is 3. The average Bonchev–Trinajstić information content (AvgIpc) is 3.20. The molecule has 0 bridgehead atoms. The Bertz CT molecular complexity index is 669. The van der Waals surface area contributed by atoms with Crippen LogP contribution in [0, 0.1) is 0 Å². The summed E-state index contributed by atoms with van der Waals surface area (Å²) in [6.07, 6.45) is 5.15. The van der Waals surface area contributed by atoms with Crippen molar-refractivity contribution in [3.63, 3.8) is 0 Å². The normalized spacial score (nSPS) is 16.5. The van der Waals surface area contributed by atoms with Crippen LogP contribution in [0.2, 0.25) is 0 Å². The van der Waals surface area contributed by atoms with Crippen molar-refractivity contribution in [3.05, 3.63) is 48.0 Å². The Morgan fingerprint density at radius 1 is 1.40 bits per heavy atom. The Labute approximate surface area is 147 Å². The SMILES string of the molecule is CC(C(=O)NCc1cccc(COC2CCOCC2)c1)n1cncn1. The summed E-state index contributed by atoms with van der Waals surface area (Å²) in [5.74, 6) is -0.0886. The minimum atomic E-state index is -0.387. The highest BCUT2D eigenvalue weighted by Crippen LogP contribution is 2.14. The summed E-state index contributed by atoms with van der Waals surface area (Å²) >= 11 is 0. The van der Waals surface area contributed by atoms with Crippen LogP contribution >= 0.6 is 0 Å². The zero-order chi connectivity index (χ0) is 17.5. The molecule has 25 heavy (non-hydrogen) atoms. The first kappa shape index (κ1) is 17.6. The lowest BCUT2D eigenvalue weighted by molar-refractivity contribution is -0.124. The number of amides is 1. The van der Waals surface area contributed by atoms with E-state index in [0.29, 0.717) is 13.2 Å². The average molecular weight is 344 g/mol. The van der Waals surface area contributed by atoms with Crippen molar-refractivity contribution in [2.45, 2.75) is 45.1 Å². The highest BCUT2D eigenvalue weighted by Gasteiger charge is 2.15. The van der Waals surface area contributed by atoms with Crippen LogP contribution in [-0.2, 0) is 27.4 Å². The maximum Gasteiger partial charge on any atom is 0.244 e. The third-order valence-electron chi connectivity index (χ3n) is 4.33. The minimum Gasteiger partial charge on any atom is -0.381 e. The van der Waals surface area contributed by atoms with Crippen LogP contribution in [-0.4, -0.2) is 40.0 Å². The second-order valence-corrected chi connectivity index (χ2v) is 6.21. The third kappa shape index (κ3) is 5.11. The number of aromatic nitrogens is 3. The first-order chi connectivity index (χ1) is 12.2. The van der Waals surface area contributed by atoms with Gasteiger partial charge in [0.2, 0.25) is 5.91 Å². The molecule has 1 aliphatic heterocycles. The molecule has 1 unspecified atom stereocenters. The second-order valence-electron chi connectivity index (χ2n) is 6.21. The molecular formula is C18H24N4O3. The number of hydrogen-bond donors (Lipinski definition) is 1. The molecule has 7 nitrogen and oxygen atoms in total. The van der Waals surface area contributed by atoms with Gasteiger partial charge in [-0.25, -0.2) is 9.67 Å². The molecule has 3 rings (SSSR count). The van der Waals surface area contributed by atoms with E-state index in [0.717, 1.165) is 37.2 Å². The zero-order valence-electron chi connectivity index (χ0n) is 14.4. The molecule has 1 aromatic heterocycles. The summed E-state index contributed by atoms with van der Waals surface area (Å²) in [7, 11) is 0. The molecule has 134 valence electrons. The number of carbonyl (C=O) groups is 1. The van der Waals surface area contributed by atoms with Gasteiger partial charge in [-0.3, -0.25) is 4.79 Å². The summed E-state index contributed by atoms with van der Waals surface area (Å²) in [5, 5.41) is 6.93. The monoisotopic (exact) mass is 344 g/mol. The lowest BCUT2D eigenvalue weighted by atomic mass is 10.1. The molecule has 1 atom stereocenters. The Balaban J connectivity index is 1.48. The van der Waals surface area contributed by atoms with Crippen LogP contribution < -0.4 is 5.32 Å². The first-order valence-electron chi connectivity index (χ1n) is 8.61.